The molecule has 0 saturated carbocycles. The summed E-state index contributed by atoms with van der Waals surface area (Å²) in [4.78, 5) is 0. The van der Waals surface area contributed by atoms with E-state index in [0.29, 0.717) is 18.4 Å². The molecular formula is C17H25F2NO. The molecule has 0 radical (unpaired) electrons. The highest BCUT2D eigenvalue weighted by molar-refractivity contribution is 5.26. The van der Waals surface area contributed by atoms with E-state index in [1.807, 2.05) is 6.07 Å². The zero-order valence-electron chi connectivity index (χ0n) is 12.8. The molecule has 1 aliphatic rings. The SMILES string of the molecule is CC(C)CNCC1CCCOC1c1cccc(C(F)F)c1. The van der Waals surface area contributed by atoms with E-state index in [2.05, 4.69) is 19.2 Å². The van der Waals surface area contributed by atoms with Crippen molar-refractivity contribution in [1.29, 1.82) is 0 Å². The minimum absolute atomic E-state index is 0.0721. The zero-order valence-corrected chi connectivity index (χ0v) is 12.8. The van der Waals surface area contributed by atoms with Crippen LogP contribution in [0, 0.1) is 11.8 Å². The molecule has 0 amide bonds. The number of benzene rings is 1. The van der Waals surface area contributed by atoms with Crippen molar-refractivity contribution in [1.82, 2.24) is 5.32 Å². The van der Waals surface area contributed by atoms with Gasteiger partial charge in [-0.3, -0.25) is 0 Å². The summed E-state index contributed by atoms with van der Waals surface area (Å²) in [5, 5.41) is 3.46. The smallest absolute Gasteiger partial charge is 0.263 e. The van der Waals surface area contributed by atoms with E-state index in [4.69, 9.17) is 4.74 Å². The first kappa shape index (κ1) is 16.4. The van der Waals surface area contributed by atoms with Crippen LogP contribution in [-0.2, 0) is 4.74 Å². The quantitative estimate of drug-likeness (QED) is 0.843. The average Bonchev–Trinajstić information content (AvgIpc) is 2.47. The molecule has 1 saturated heterocycles. The summed E-state index contributed by atoms with van der Waals surface area (Å²) in [6, 6.07) is 6.67. The number of rotatable bonds is 6. The average molecular weight is 297 g/mol. The highest BCUT2D eigenvalue weighted by atomic mass is 19.3. The van der Waals surface area contributed by atoms with E-state index in [0.717, 1.165) is 31.5 Å². The first-order valence-corrected chi connectivity index (χ1v) is 7.78. The molecule has 4 heteroatoms. The maximum absolute atomic E-state index is 12.8. The van der Waals surface area contributed by atoms with Gasteiger partial charge in [-0.1, -0.05) is 32.0 Å². The molecule has 2 rings (SSSR count). The molecule has 118 valence electrons. The minimum Gasteiger partial charge on any atom is -0.373 e. The Kier molecular flexibility index (Phi) is 6.12. The van der Waals surface area contributed by atoms with Gasteiger partial charge in [0.05, 0.1) is 6.10 Å². The van der Waals surface area contributed by atoms with Crippen LogP contribution >= 0.6 is 0 Å². The highest BCUT2D eigenvalue weighted by Gasteiger charge is 2.27. The van der Waals surface area contributed by atoms with Crippen LogP contribution in [0.2, 0.25) is 0 Å². The van der Waals surface area contributed by atoms with Crippen LogP contribution in [0.4, 0.5) is 8.78 Å². The Bertz CT molecular complexity index is 437. The Morgan fingerprint density at radius 1 is 1.33 bits per heavy atom. The predicted molar refractivity (Wildman–Crippen MR) is 80.5 cm³/mol. The lowest BCUT2D eigenvalue weighted by molar-refractivity contribution is -0.0280. The van der Waals surface area contributed by atoms with Gasteiger partial charge in [-0.2, -0.15) is 0 Å². The molecule has 0 aliphatic carbocycles. The molecule has 0 bridgehead atoms. The lowest BCUT2D eigenvalue weighted by atomic mass is 9.88. The largest absolute Gasteiger partial charge is 0.373 e. The van der Waals surface area contributed by atoms with Crippen LogP contribution in [0.25, 0.3) is 0 Å². The number of nitrogens with one attached hydrogen (secondary N) is 1. The summed E-state index contributed by atoms with van der Waals surface area (Å²) in [5.74, 6) is 0.959. The molecule has 0 aromatic heterocycles. The van der Waals surface area contributed by atoms with Gasteiger partial charge in [0.25, 0.3) is 6.43 Å². The third-order valence-corrected chi connectivity index (χ3v) is 3.90. The molecule has 1 aromatic carbocycles. The summed E-state index contributed by atoms with van der Waals surface area (Å²) in [5.41, 5.74) is 0.958. The van der Waals surface area contributed by atoms with Crippen molar-refractivity contribution in [3.63, 3.8) is 0 Å². The van der Waals surface area contributed by atoms with Crippen LogP contribution in [0.5, 0.6) is 0 Å². The first-order valence-electron chi connectivity index (χ1n) is 7.78. The van der Waals surface area contributed by atoms with E-state index in [1.54, 1.807) is 12.1 Å². The van der Waals surface area contributed by atoms with E-state index in [1.165, 1.54) is 6.07 Å². The summed E-state index contributed by atoms with van der Waals surface area (Å²) in [6.45, 7) is 6.91. The maximum atomic E-state index is 12.8. The van der Waals surface area contributed by atoms with Crippen molar-refractivity contribution in [3.8, 4) is 0 Å². The molecule has 21 heavy (non-hydrogen) atoms. The van der Waals surface area contributed by atoms with Crippen molar-refractivity contribution >= 4 is 0 Å². The lowest BCUT2D eigenvalue weighted by Gasteiger charge is -2.32. The molecular weight excluding hydrogens is 272 g/mol. The van der Waals surface area contributed by atoms with Crippen molar-refractivity contribution in [3.05, 3.63) is 35.4 Å². The number of hydrogen-bond acceptors (Lipinski definition) is 2. The van der Waals surface area contributed by atoms with Gasteiger partial charge in [-0.05, 0) is 36.9 Å². The topological polar surface area (TPSA) is 21.3 Å². The maximum Gasteiger partial charge on any atom is 0.263 e. The third-order valence-electron chi connectivity index (χ3n) is 3.90. The van der Waals surface area contributed by atoms with Crippen molar-refractivity contribution in [2.75, 3.05) is 19.7 Å². The summed E-state index contributed by atoms with van der Waals surface area (Å²) >= 11 is 0. The number of hydrogen-bond donors (Lipinski definition) is 1. The predicted octanol–water partition coefficient (Wildman–Crippen LogP) is 4.34. The standard InChI is InChI=1S/C17H25F2NO/c1-12(2)10-20-11-15-7-4-8-21-16(15)13-5-3-6-14(9-13)17(18)19/h3,5-6,9,12,15-17,20H,4,7-8,10-11H2,1-2H3. The first-order chi connectivity index (χ1) is 10.1. The third kappa shape index (κ3) is 4.75. The molecule has 2 atom stereocenters. The van der Waals surface area contributed by atoms with Crippen LogP contribution < -0.4 is 5.32 Å². The van der Waals surface area contributed by atoms with Gasteiger partial charge in [0.15, 0.2) is 0 Å². The van der Waals surface area contributed by atoms with Crippen molar-refractivity contribution < 1.29 is 13.5 Å². The molecule has 1 heterocycles. The molecule has 1 aliphatic heterocycles. The fourth-order valence-corrected chi connectivity index (χ4v) is 2.85. The van der Waals surface area contributed by atoms with E-state index in [-0.39, 0.29) is 11.7 Å². The normalized spacial score (nSPS) is 23.0. The van der Waals surface area contributed by atoms with Gasteiger partial charge >= 0.3 is 0 Å². The van der Waals surface area contributed by atoms with E-state index >= 15 is 0 Å². The summed E-state index contributed by atoms with van der Waals surface area (Å²) < 4.78 is 31.6. The summed E-state index contributed by atoms with van der Waals surface area (Å²) in [7, 11) is 0. The Morgan fingerprint density at radius 3 is 2.86 bits per heavy atom. The van der Waals surface area contributed by atoms with Gasteiger partial charge in [0.1, 0.15) is 0 Å². The molecule has 2 unspecified atom stereocenters. The fourth-order valence-electron chi connectivity index (χ4n) is 2.85. The monoisotopic (exact) mass is 297 g/mol. The van der Waals surface area contributed by atoms with Crippen molar-refractivity contribution in [2.45, 2.75) is 39.2 Å². The van der Waals surface area contributed by atoms with Gasteiger partial charge in [-0.15, -0.1) is 0 Å². The van der Waals surface area contributed by atoms with E-state index in [9.17, 15) is 8.78 Å². The molecule has 1 fully saturated rings. The van der Waals surface area contributed by atoms with Crippen LogP contribution in [0.1, 0.15) is 50.3 Å². The molecule has 0 spiro atoms. The van der Waals surface area contributed by atoms with Crippen molar-refractivity contribution in [2.24, 2.45) is 11.8 Å². The highest BCUT2D eigenvalue weighted by Crippen LogP contribution is 2.34. The van der Waals surface area contributed by atoms with Gasteiger partial charge < -0.3 is 10.1 Å². The van der Waals surface area contributed by atoms with Gasteiger partial charge in [0.2, 0.25) is 0 Å². The second kappa shape index (κ2) is 7.85. The Labute approximate surface area is 125 Å². The van der Waals surface area contributed by atoms with E-state index < -0.39 is 6.43 Å². The molecule has 2 nitrogen and oxygen atoms in total. The van der Waals surface area contributed by atoms with Crippen LogP contribution in [0.3, 0.4) is 0 Å². The Balaban J connectivity index is 2.05. The number of halogens is 2. The van der Waals surface area contributed by atoms with Gasteiger partial charge in [-0.25, -0.2) is 8.78 Å². The minimum atomic E-state index is -2.42. The van der Waals surface area contributed by atoms with Gasteiger partial charge in [0, 0.05) is 24.6 Å². The lowest BCUT2D eigenvalue weighted by Crippen LogP contribution is -2.33. The zero-order chi connectivity index (χ0) is 15.2. The molecule has 1 aromatic rings. The molecule has 1 N–H and O–H groups in total. The fraction of sp³-hybridized carbons (Fsp3) is 0.647. The van der Waals surface area contributed by atoms with Crippen LogP contribution in [-0.4, -0.2) is 19.7 Å². The van der Waals surface area contributed by atoms with Crippen LogP contribution in [0.15, 0.2) is 24.3 Å². The number of ether oxygens (including phenoxy) is 1. The second-order valence-electron chi connectivity index (χ2n) is 6.22. The Hall–Kier alpha value is -1.00. The Morgan fingerprint density at radius 2 is 2.14 bits per heavy atom. The second-order valence-corrected chi connectivity index (χ2v) is 6.22. The summed E-state index contributed by atoms with van der Waals surface area (Å²) in [6.07, 6.45) is -0.378. The number of alkyl halides is 2.